The van der Waals surface area contributed by atoms with Crippen molar-refractivity contribution in [3.8, 4) is 0 Å². The topological polar surface area (TPSA) is 83.8 Å². The van der Waals surface area contributed by atoms with Crippen LogP contribution < -0.4 is 4.31 Å². The standard InChI is InChI=1S/C21H27N3O4S/c1-29(27,28)23(20-8-5-9-21(17-20)24(25)26)15-14-22-12-10-19(11-13-22)16-18-6-3-2-4-7-18/h2-9,17,19H,10-16H2,1H3. The van der Waals surface area contributed by atoms with Crippen molar-refractivity contribution >= 4 is 21.4 Å². The van der Waals surface area contributed by atoms with E-state index in [9.17, 15) is 18.5 Å². The predicted octanol–water partition coefficient (Wildman–Crippen LogP) is 3.32. The minimum absolute atomic E-state index is 0.113. The average Bonchev–Trinajstić information content (AvgIpc) is 2.69. The summed E-state index contributed by atoms with van der Waals surface area (Å²) in [6, 6.07) is 16.3. The van der Waals surface area contributed by atoms with Crippen molar-refractivity contribution in [2.24, 2.45) is 5.92 Å². The highest BCUT2D eigenvalue weighted by atomic mass is 32.2. The van der Waals surface area contributed by atoms with Gasteiger partial charge in [0.1, 0.15) is 0 Å². The summed E-state index contributed by atoms with van der Waals surface area (Å²) in [7, 11) is -3.53. The first-order valence-corrected chi connectivity index (χ1v) is 11.7. The summed E-state index contributed by atoms with van der Waals surface area (Å²) in [6.45, 7) is 2.76. The molecule has 2 aromatic rings. The van der Waals surface area contributed by atoms with E-state index < -0.39 is 14.9 Å². The molecule has 156 valence electrons. The molecule has 1 fully saturated rings. The zero-order valence-electron chi connectivity index (χ0n) is 16.6. The van der Waals surface area contributed by atoms with E-state index in [1.165, 1.54) is 28.1 Å². The molecule has 1 heterocycles. The van der Waals surface area contributed by atoms with Gasteiger partial charge in [0.15, 0.2) is 0 Å². The fraction of sp³-hybridized carbons (Fsp3) is 0.429. The Bertz CT molecular complexity index is 926. The second-order valence-corrected chi connectivity index (χ2v) is 9.49. The van der Waals surface area contributed by atoms with Crippen molar-refractivity contribution in [3.63, 3.8) is 0 Å². The lowest BCUT2D eigenvalue weighted by molar-refractivity contribution is -0.384. The number of rotatable bonds is 8. The van der Waals surface area contributed by atoms with Gasteiger partial charge in [-0.1, -0.05) is 36.4 Å². The number of non-ortho nitro benzene ring substituents is 1. The molecular weight excluding hydrogens is 390 g/mol. The van der Waals surface area contributed by atoms with E-state index in [1.807, 2.05) is 6.07 Å². The number of benzene rings is 2. The van der Waals surface area contributed by atoms with Gasteiger partial charge in [-0.05, 0) is 49.9 Å². The van der Waals surface area contributed by atoms with E-state index in [0.29, 0.717) is 18.2 Å². The molecule has 0 N–H and O–H groups in total. The lowest BCUT2D eigenvalue weighted by Crippen LogP contribution is -2.41. The van der Waals surface area contributed by atoms with Crippen LogP contribution in [0.25, 0.3) is 0 Å². The van der Waals surface area contributed by atoms with E-state index in [0.717, 1.165) is 38.6 Å². The highest BCUT2D eigenvalue weighted by Crippen LogP contribution is 2.24. The molecule has 0 amide bonds. The molecule has 0 unspecified atom stereocenters. The summed E-state index contributed by atoms with van der Waals surface area (Å²) in [5, 5.41) is 11.0. The molecule has 0 atom stereocenters. The third-order valence-corrected chi connectivity index (χ3v) is 6.62. The number of piperidine rings is 1. The third kappa shape index (κ3) is 6.01. The molecule has 29 heavy (non-hydrogen) atoms. The summed E-state index contributed by atoms with van der Waals surface area (Å²) in [6.07, 6.45) is 4.39. The fourth-order valence-electron chi connectivity index (χ4n) is 3.84. The smallest absolute Gasteiger partial charge is 0.271 e. The van der Waals surface area contributed by atoms with E-state index in [1.54, 1.807) is 6.07 Å². The first kappa shape index (κ1) is 21.3. The zero-order valence-corrected chi connectivity index (χ0v) is 17.4. The number of anilines is 1. The molecule has 1 aliphatic heterocycles. The molecule has 1 saturated heterocycles. The van der Waals surface area contributed by atoms with E-state index in [4.69, 9.17) is 0 Å². The molecule has 8 heteroatoms. The highest BCUT2D eigenvalue weighted by Gasteiger charge is 2.23. The molecule has 0 bridgehead atoms. The number of hydrogen-bond donors (Lipinski definition) is 0. The zero-order chi connectivity index (χ0) is 20.9. The lowest BCUT2D eigenvalue weighted by atomic mass is 9.90. The minimum atomic E-state index is -3.53. The van der Waals surface area contributed by atoms with E-state index in [-0.39, 0.29) is 12.2 Å². The van der Waals surface area contributed by atoms with E-state index >= 15 is 0 Å². The number of nitro benzene ring substituents is 1. The van der Waals surface area contributed by atoms with Gasteiger partial charge < -0.3 is 4.90 Å². The first-order valence-electron chi connectivity index (χ1n) is 9.81. The Morgan fingerprint density at radius 2 is 1.79 bits per heavy atom. The van der Waals surface area contributed by atoms with Crippen molar-refractivity contribution in [1.29, 1.82) is 0 Å². The first-order chi connectivity index (χ1) is 13.8. The van der Waals surface area contributed by atoms with Crippen LogP contribution in [0.3, 0.4) is 0 Å². The SMILES string of the molecule is CS(=O)(=O)N(CCN1CCC(Cc2ccccc2)CC1)c1cccc([N+](=O)[O-])c1. The van der Waals surface area contributed by atoms with Gasteiger partial charge >= 0.3 is 0 Å². The Morgan fingerprint density at radius 3 is 2.41 bits per heavy atom. The number of nitrogens with zero attached hydrogens (tertiary/aromatic N) is 3. The van der Waals surface area contributed by atoms with Gasteiger partial charge in [0, 0.05) is 25.2 Å². The molecule has 1 aliphatic rings. The van der Waals surface area contributed by atoms with Crippen LogP contribution in [0, 0.1) is 16.0 Å². The second kappa shape index (κ2) is 9.37. The van der Waals surface area contributed by atoms with Gasteiger partial charge in [-0.2, -0.15) is 0 Å². The van der Waals surface area contributed by atoms with Gasteiger partial charge in [-0.3, -0.25) is 14.4 Å². The van der Waals surface area contributed by atoms with Gasteiger partial charge in [-0.25, -0.2) is 8.42 Å². The van der Waals surface area contributed by atoms with Crippen LogP contribution in [0.2, 0.25) is 0 Å². The molecule has 0 saturated carbocycles. The van der Waals surface area contributed by atoms with Gasteiger partial charge in [0.25, 0.3) is 5.69 Å². The Balaban J connectivity index is 1.57. The molecule has 0 aromatic heterocycles. The summed E-state index contributed by atoms with van der Waals surface area (Å²) in [5.41, 5.74) is 1.58. The summed E-state index contributed by atoms with van der Waals surface area (Å²) in [5.74, 6) is 0.649. The highest BCUT2D eigenvalue weighted by molar-refractivity contribution is 7.92. The van der Waals surface area contributed by atoms with Crippen molar-refractivity contribution in [3.05, 3.63) is 70.3 Å². The summed E-state index contributed by atoms with van der Waals surface area (Å²) < 4.78 is 25.8. The molecule has 0 spiro atoms. The van der Waals surface area contributed by atoms with Crippen molar-refractivity contribution in [2.75, 3.05) is 36.7 Å². The summed E-state index contributed by atoms with van der Waals surface area (Å²) >= 11 is 0. The number of sulfonamides is 1. The summed E-state index contributed by atoms with van der Waals surface area (Å²) in [4.78, 5) is 12.8. The largest absolute Gasteiger partial charge is 0.302 e. The average molecular weight is 418 g/mol. The lowest BCUT2D eigenvalue weighted by Gasteiger charge is -2.33. The maximum absolute atomic E-state index is 12.3. The Morgan fingerprint density at radius 1 is 1.10 bits per heavy atom. The monoisotopic (exact) mass is 417 g/mol. The molecule has 3 rings (SSSR count). The Kier molecular flexibility index (Phi) is 6.87. The fourth-order valence-corrected chi connectivity index (χ4v) is 4.75. The van der Waals surface area contributed by atoms with Crippen molar-refractivity contribution < 1.29 is 13.3 Å². The van der Waals surface area contributed by atoms with Gasteiger partial charge in [0.05, 0.1) is 16.9 Å². The Hall–Kier alpha value is -2.45. The number of nitro groups is 1. The van der Waals surface area contributed by atoms with Gasteiger partial charge in [-0.15, -0.1) is 0 Å². The molecule has 0 radical (unpaired) electrons. The second-order valence-electron chi connectivity index (χ2n) is 7.59. The van der Waals surface area contributed by atoms with Crippen LogP contribution in [0.5, 0.6) is 0 Å². The van der Waals surface area contributed by atoms with Crippen LogP contribution in [-0.2, 0) is 16.4 Å². The number of hydrogen-bond acceptors (Lipinski definition) is 5. The minimum Gasteiger partial charge on any atom is -0.302 e. The maximum Gasteiger partial charge on any atom is 0.271 e. The molecular formula is C21H27N3O4S. The predicted molar refractivity (Wildman–Crippen MR) is 115 cm³/mol. The van der Waals surface area contributed by atoms with E-state index in [2.05, 4.69) is 29.2 Å². The van der Waals surface area contributed by atoms with Gasteiger partial charge in [0.2, 0.25) is 10.0 Å². The maximum atomic E-state index is 12.3. The van der Waals surface area contributed by atoms with Crippen LogP contribution >= 0.6 is 0 Å². The van der Waals surface area contributed by atoms with Crippen LogP contribution in [0.4, 0.5) is 11.4 Å². The molecule has 2 aromatic carbocycles. The third-order valence-electron chi connectivity index (χ3n) is 5.42. The quantitative estimate of drug-likeness (QED) is 0.486. The van der Waals surface area contributed by atoms with Crippen molar-refractivity contribution in [1.82, 2.24) is 4.90 Å². The van der Waals surface area contributed by atoms with Crippen LogP contribution in [0.1, 0.15) is 18.4 Å². The van der Waals surface area contributed by atoms with Crippen LogP contribution in [0.15, 0.2) is 54.6 Å². The molecule has 7 nitrogen and oxygen atoms in total. The van der Waals surface area contributed by atoms with Crippen molar-refractivity contribution in [2.45, 2.75) is 19.3 Å². The Labute approximate surface area is 172 Å². The normalized spacial score (nSPS) is 15.9. The molecule has 0 aliphatic carbocycles. The number of likely N-dealkylation sites (tertiary alicyclic amines) is 1. The van der Waals surface area contributed by atoms with Crippen LogP contribution in [-0.4, -0.2) is 50.7 Å².